The number of carboxylic acid groups (broad SMARTS) is 1. The molecule has 20 heavy (non-hydrogen) atoms. The average molecular weight is 356 g/mol. The van der Waals surface area contributed by atoms with Crippen molar-refractivity contribution in [1.82, 2.24) is 4.98 Å². The Bertz CT molecular complexity index is 691. The molecule has 2 rings (SSSR count). The lowest BCUT2D eigenvalue weighted by atomic mass is 10.2. The second kappa shape index (κ2) is 6.02. The summed E-state index contributed by atoms with van der Waals surface area (Å²) in [6, 6.07) is 7.44. The van der Waals surface area contributed by atoms with Crippen molar-refractivity contribution in [1.29, 1.82) is 0 Å². The lowest BCUT2D eigenvalue weighted by Gasteiger charge is -2.08. The van der Waals surface area contributed by atoms with E-state index in [4.69, 9.17) is 16.7 Å². The molecule has 2 N–H and O–H groups in total. The Balaban J connectivity index is 2.25. The molecule has 0 atom stereocenters. The summed E-state index contributed by atoms with van der Waals surface area (Å²) in [6.07, 6.45) is 1.49. The molecule has 1 aromatic heterocycles. The largest absolute Gasteiger partial charge is 0.478 e. The number of halogens is 2. The van der Waals surface area contributed by atoms with Crippen LogP contribution >= 0.6 is 27.5 Å². The van der Waals surface area contributed by atoms with Gasteiger partial charge in [0.2, 0.25) is 0 Å². The first kappa shape index (κ1) is 14.5. The van der Waals surface area contributed by atoms with E-state index in [9.17, 15) is 9.59 Å². The fourth-order valence-corrected chi connectivity index (χ4v) is 2.15. The number of rotatable bonds is 3. The van der Waals surface area contributed by atoms with Gasteiger partial charge in [-0.15, -0.1) is 0 Å². The second-order valence-electron chi connectivity index (χ2n) is 3.79. The Hall–Kier alpha value is -1.92. The Morgan fingerprint density at radius 3 is 2.65 bits per heavy atom. The predicted octanol–water partition coefficient (Wildman–Crippen LogP) is 3.45. The van der Waals surface area contributed by atoms with Crippen LogP contribution < -0.4 is 5.32 Å². The van der Waals surface area contributed by atoms with Crippen LogP contribution in [0.3, 0.4) is 0 Å². The van der Waals surface area contributed by atoms with E-state index in [2.05, 4.69) is 26.2 Å². The summed E-state index contributed by atoms with van der Waals surface area (Å²) in [5.41, 5.74) is 0.581. The number of benzene rings is 1. The molecule has 0 unspecified atom stereocenters. The quantitative estimate of drug-likeness (QED) is 0.884. The zero-order valence-corrected chi connectivity index (χ0v) is 12.3. The van der Waals surface area contributed by atoms with Gasteiger partial charge in [0.05, 0.1) is 16.3 Å². The molecule has 2 aromatic rings. The highest BCUT2D eigenvalue weighted by Gasteiger charge is 2.14. The van der Waals surface area contributed by atoms with Crippen molar-refractivity contribution in [2.24, 2.45) is 0 Å². The third-order valence-electron chi connectivity index (χ3n) is 2.44. The van der Waals surface area contributed by atoms with Gasteiger partial charge >= 0.3 is 5.97 Å². The van der Waals surface area contributed by atoms with Crippen molar-refractivity contribution in [2.45, 2.75) is 0 Å². The molecule has 0 bridgehead atoms. The molecule has 5 nitrogen and oxygen atoms in total. The Morgan fingerprint density at radius 2 is 2.05 bits per heavy atom. The molecule has 1 heterocycles. The van der Waals surface area contributed by atoms with Crippen LogP contribution in [0.4, 0.5) is 5.69 Å². The number of hydrogen-bond donors (Lipinski definition) is 2. The van der Waals surface area contributed by atoms with Gasteiger partial charge in [-0.3, -0.25) is 4.79 Å². The van der Waals surface area contributed by atoms with Gasteiger partial charge in [-0.1, -0.05) is 11.6 Å². The first-order valence-electron chi connectivity index (χ1n) is 5.44. The number of aromatic nitrogens is 1. The molecule has 0 saturated carbocycles. The topological polar surface area (TPSA) is 79.3 Å². The van der Waals surface area contributed by atoms with E-state index in [0.717, 1.165) is 0 Å². The van der Waals surface area contributed by atoms with Crippen LogP contribution in [0.5, 0.6) is 0 Å². The fourth-order valence-electron chi connectivity index (χ4n) is 1.48. The first-order chi connectivity index (χ1) is 9.49. The van der Waals surface area contributed by atoms with Crippen molar-refractivity contribution < 1.29 is 14.7 Å². The van der Waals surface area contributed by atoms with Crippen LogP contribution in [0, 0.1) is 0 Å². The van der Waals surface area contributed by atoms with E-state index < -0.39 is 11.9 Å². The maximum absolute atomic E-state index is 12.0. The molecule has 0 saturated heterocycles. The SMILES string of the molecule is O=C(O)c1ccc(NC(=O)c2ncccc2Br)c(Cl)c1. The van der Waals surface area contributed by atoms with Crippen molar-refractivity contribution >= 4 is 45.1 Å². The highest BCUT2D eigenvalue weighted by Crippen LogP contribution is 2.24. The second-order valence-corrected chi connectivity index (χ2v) is 5.05. The molecule has 0 aliphatic heterocycles. The zero-order chi connectivity index (χ0) is 14.7. The molecule has 0 aliphatic rings. The van der Waals surface area contributed by atoms with Crippen LogP contribution in [0.1, 0.15) is 20.8 Å². The third-order valence-corrected chi connectivity index (χ3v) is 3.39. The molecule has 0 radical (unpaired) electrons. The summed E-state index contributed by atoms with van der Waals surface area (Å²) < 4.78 is 0.552. The molecule has 0 fully saturated rings. The maximum Gasteiger partial charge on any atom is 0.335 e. The van der Waals surface area contributed by atoms with Gasteiger partial charge < -0.3 is 10.4 Å². The number of pyridine rings is 1. The zero-order valence-electron chi connectivity index (χ0n) is 9.93. The average Bonchev–Trinajstić information content (AvgIpc) is 2.41. The Labute approximate surface area is 127 Å². The van der Waals surface area contributed by atoms with E-state index in [0.29, 0.717) is 10.2 Å². The molecule has 0 aliphatic carbocycles. The molecule has 102 valence electrons. The minimum Gasteiger partial charge on any atom is -0.478 e. The minimum absolute atomic E-state index is 0.0482. The summed E-state index contributed by atoms with van der Waals surface area (Å²) >= 11 is 9.16. The van der Waals surface area contributed by atoms with Crippen molar-refractivity contribution in [3.8, 4) is 0 Å². The number of carbonyl (C=O) groups excluding carboxylic acids is 1. The number of carboxylic acids is 1. The Kier molecular flexibility index (Phi) is 4.36. The lowest BCUT2D eigenvalue weighted by Crippen LogP contribution is -2.14. The van der Waals surface area contributed by atoms with E-state index >= 15 is 0 Å². The predicted molar refractivity (Wildman–Crippen MR) is 78.3 cm³/mol. The van der Waals surface area contributed by atoms with Crippen LogP contribution in [0.2, 0.25) is 5.02 Å². The van der Waals surface area contributed by atoms with Gasteiger partial charge in [0.25, 0.3) is 5.91 Å². The summed E-state index contributed by atoms with van der Waals surface area (Å²) in [7, 11) is 0. The molecule has 1 aromatic carbocycles. The van der Waals surface area contributed by atoms with E-state index in [1.165, 1.54) is 24.4 Å². The monoisotopic (exact) mass is 354 g/mol. The molecule has 0 spiro atoms. The summed E-state index contributed by atoms with van der Waals surface area (Å²) in [6.45, 7) is 0. The minimum atomic E-state index is -1.09. The van der Waals surface area contributed by atoms with E-state index in [1.807, 2.05) is 0 Å². The molecular weight excluding hydrogens is 348 g/mol. The van der Waals surface area contributed by atoms with Crippen LogP contribution in [0.15, 0.2) is 41.0 Å². The van der Waals surface area contributed by atoms with Crippen LogP contribution in [-0.2, 0) is 0 Å². The standard InChI is InChI=1S/C13H8BrClN2O3/c14-8-2-1-5-16-11(8)12(18)17-10-4-3-7(13(19)20)6-9(10)15/h1-6H,(H,17,18)(H,19,20). The smallest absolute Gasteiger partial charge is 0.335 e. The van der Waals surface area contributed by atoms with Gasteiger partial charge in [-0.05, 0) is 46.3 Å². The number of anilines is 1. The number of nitrogens with zero attached hydrogens (tertiary/aromatic N) is 1. The van der Waals surface area contributed by atoms with Crippen molar-refractivity contribution in [2.75, 3.05) is 5.32 Å². The first-order valence-corrected chi connectivity index (χ1v) is 6.61. The lowest BCUT2D eigenvalue weighted by molar-refractivity contribution is 0.0696. The molecule has 7 heteroatoms. The number of aromatic carboxylic acids is 1. The molecule has 1 amide bonds. The summed E-state index contributed by atoms with van der Waals surface area (Å²) in [5.74, 6) is -1.53. The number of nitrogens with one attached hydrogen (secondary N) is 1. The fraction of sp³-hybridized carbons (Fsp3) is 0. The number of carbonyl (C=O) groups is 2. The van der Waals surface area contributed by atoms with E-state index in [1.54, 1.807) is 12.1 Å². The summed E-state index contributed by atoms with van der Waals surface area (Å²) in [5, 5.41) is 11.6. The van der Waals surface area contributed by atoms with Gasteiger partial charge in [0, 0.05) is 10.7 Å². The van der Waals surface area contributed by atoms with Gasteiger partial charge in [0.1, 0.15) is 5.69 Å². The third kappa shape index (κ3) is 3.15. The number of hydrogen-bond acceptors (Lipinski definition) is 3. The van der Waals surface area contributed by atoms with Crippen LogP contribution in [0.25, 0.3) is 0 Å². The highest BCUT2D eigenvalue weighted by molar-refractivity contribution is 9.10. The van der Waals surface area contributed by atoms with Gasteiger partial charge in [0.15, 0.2) is 0 Å². The summed E-state index contributed by atoms with van der Waals surface area (Å²) in [4.78, 5) is 26.8. The molecular formula is C13H8BrClN2O3. The van der Waals surface area contributed by atoms with E-state index in [-0.39, 0.29) is 16.3 Å². The normalized spacial score (nSPS) is 10.1. The van der Waals surface area contributed by atoms with Gasteiger partial charge in [-0.2, -0.15) is 0 Å². The highest BCUT2D eigenvalue weighted by atomic mass is 79.9. The van der Waals surface area contributed by atoms with Crippen molar-refractivity contribution in [3.05, 3.63) is 57.3 Å². The van der Waals surface area contributed by atoms with Crippen molar-refractivity contribution in [3.63, 3.8) is 0 Å². The van der Waals surface area contributed by atoms with Gasteiger partial charge in [-0.25, -0.2) is 9.78 Å². The number of amides is 1. The van der Waals surface area contributed by atoms with Crippen LogP contribution in [-0.4, -0.2) is 22.0 Å². The Morgan fingerprint density at radius 1 is 1.30 bits per heavy atom. The maximum atomic E-state index is 12.0.